The summed E-state index contributed by atoms with van der Waals surface area (Å²) in [6.45, 7) is 4.54. The van der Waals surface area contributed by atoms with Gasteiger partial charge in [0.1, 0.15) is 0 Å². The fraction of sp³-hybridized carbons (Fsp3) is 0.571. The van der Waals surface area contributed by atoms with Gasteiger partial charge in [-0.25, -0.2) is 0 Å². The molecule has 0 aliphatic rings. The summed E-state index contributed by atoms with van der Waals surface area (Å²) >= 11 is 3.97. The van der Waals surface area contributed by atoms with Crippen molar-refractivity contribution in [2.24, 2.45) is 0 Å². The van der Waals surface area contributed by atoms with Crippen molar-refractivity contribution < 1.29 is 16.5 Å². The molecule has 0 saturated heterocycles. The predicted molar refractivity (Wildman–Crippen MR) is 141 cm³/mol. The largest absolute Gasteiger partial charge is 0.126 e. The van der Waals surface area contributed by atoms with E-state index in [1.807, 2.05) is 23.5 Å². The van der Waals surface area contributed by atoms with Gasteiger partial charge < -0.3 is 0 Å². The first kappa shape index (κ1) is 30.6. The van der Waals surface area contributed by atoms with E-state index in [9.17, 15) is 0 Å². The van der Waals surface area contributed by atoms with Crippen molar-refractivity contribution in [3.05, 3.63) is 60.7 Å². The minimum absolute atomic E-state index is 0. The summed E-state index contributed by atoms with van der Waals surface area (Å²) in [5.41, 5.74) is 0. The van der Waals surface area contributed by atoms with E-state index in [2.05, 4.69) is 74.5 Å². The number of unbranched alkanes of at least 4 members (excludes halogenated alkanes) is 10. The third-order valence-electron chi connectivity index (χ3n) is 5.02. The second-order valence-electron chi connectivity index (χ2n) is 7.86. The first-order valence-corrected chi connectivity index (χ1v) is 14.2. The number of hydrogen-bond donors (Lipinski definition) is 0. The Bertz CT molecular complexity index is 521. The Kier molecular flexibility index (Phi) is 24.0. The molecular weight excluding hydrogens is 459 g/mol. The normalized spacial score (nSPS) is 10.1. The summed E-state index contributed by atoms with van der Waals surface area (Å²) in [7, 11) is 0. The van der Waals surface area contributed by atoms with Gasteiger partial charge in [0.15, 0.2) is 0 Å². The van der Waals surface area contributed by atoms with Crippen LogP contribution in [0.5, 0.6) is 0 Å². The van der Waals surface area contributed by atoms with Crippen LogP contribution in [0, 0.1) is 0 Å². The Morgan fingerprint density at radius 2 is 0.774 bits per heavy atom. The quantitative estimate of drug-likeness (QED) is 0.127. The second kappa shape index (κ2) is 24.3. The molecule has 0 spiro atoms. The first-order chi connectivity index (χ1) is 14.9. The summed E-state index contributed by atoms with van der Waals surface area (Å²) in [5.74, 6) is 2.55. The maximum absolute atomic E-state index is 2.27. The number of thioether (sulfide) groups is 2. The van der Waals surface area contributed by atoms with Gasteiger partial charge in [0, 0.05) is 26.3 Å². The van der Waals surface area contributed by atoms with Crippen LogP contribution in [0.25, 0.3) is 0 Å². The summed E-state index contributed by atoms with van der Waals surface area (Å²) < 4.78 is 0. The molecule has 0 aromatic heterocycles. The monoisotopic (exact) mass is 502 g/mol. The van der Waals surface area contributed by atoms with Gasteiger partial charge >= 0.3 is 0 Å². The van der Waals surface area contributed by atoms with Crippen LogP contribution in [0.1, 0.15) is 90.9 Å². The molecule has 2 aromatic carbocycles. The summed E-state index contributed by atoms with van der Waals surface area (Å²) in [4.78, 5) is 2.82. The zero-order chi connectivity index (χ0) is 21.5. The van der Waals surface area contributed by atoms with Crippen molar-refractivity contribution in [2.75, 3.05) is 11.5 Å². The van der Waals surface area contributed by atoms with Gasteiger partial charge in [-0.1, -0.05) is 114 Å². The molecule has 2 aromatic rings. The van der Waals surface area contributed by atoms with Gasteiger partial charge in [-0.05, 0) is 48.6 Å². The molecule has 0 N–H and O–H groups in total. The van der Waals surface area contributed by atoms with Crippen molar-refractivity contribution in [3.8, 4) is 0 Å². The van der Waals surface area contributed by atoms with Gasteiger partial charge in [-0.3, -0.25) is 0 Å². The van der Waals surface area contributed by atoms with Crippen molar-refractivity contribution in [1.82, 2.24) is 0 Å². The average molecular weight is 503 g/mol. The second-order valence-corrected chi connectivity index (χ2v) is 10.2. The van der Waals surface area contributed by atoms with Gasteiger partial charge in [-0.2, -0.15) is 0 Å². The van der Waals surface area contributed by atoms with Crippen molar-refractivity contribution >= 4 is 23.5 Å². The molecule has 2 rings (SSSR count). The third-order valence-corrected chi connectivity index (χ3v) is 7.22. The predicted octanol–water partition coefficient (Wildman–Crippen LogP) is 10.3. The molecule has 0 heterocycles. The van der Waals surface area contributed by atoms with Crippen LogP contribution in [0.15, 0.2) is 70.5 Å². The fourth-order valence-electron chi connectivity index (χ4n) is 3.18. The van der Waals surface area contributed by atoms with Crippen LogP contribution in [0.2, 0.25) is 0 Å². The van der Waals surface area contributed by atoms with Crippen LogP contribution in [-0.4, -0.2) is 11.5 Å². The van der Waals surface area contributed by atoms with E-state index in [4.69, 9.17) is 0 Å². The van der Waals surface area contributed by atoms with Crippen LogP contribution in [0.3, 0.4) is 0 Å². The Balaban J connectivity index is 0.000000562. The third kappa shape index (κ3) is 20.0. The minimum Gasteiger partial charge on any atom is -0.126 e. The van der Waals surface area contributed by atoms with Gasteiger partial charge in [0.25, 0.3) is 0 Å². The van der Waals surface area contributed by atoms with Crippen LogP contribution in [0.4, 0.5) is 0 Å². The number of benzene rings is 2. The Hall–Kier alpha value is -0.366. The van der Waals surface area contributed by atoms with Gasteiger partial charge in [-0.15, -0.1) is 23.5 Å². The van der Waals surface area contributed by atoms with Gasteiger partial charge in [0.2, 0.25) is 0 Å². The topological polar surface area (TPSA) is 0 Å². The van der Waals surface area contributed by atoms with Gasteiger partial charge in [0.05, 0.1) is 0 Å². The van der Waals surface area contributed by atoms with Crippen LogP contribution in [-0.2, 0) is 16.5 Å². The van der Waals surface area contributed by atoms with E-state index in [-0.39, 0.29) is 16.5 Å². The summed E-state index contributed by atoms with van der Waals surface area (Å²) in [5, 5.41) is 0. The minimum atomic E-state index is 0. The van der Waals surface area contributed by atoms with E-state index in [1.165, 1.54) is 98.3 Å². The molecule has 0 bridgehead atoms. The van der Waals surface area contributed by atoms with E-state index in [0.717, 1.165) is 0 Å². The molecule has 0 unspecified atom stereocenters. The summed E-state index contributed by atoms with van der Waals surface area (Å²) in [6, 6.07) is 21.4. The molecule has 31 heavy (non-hydrogen) atoms. The molecule has 0 nitrogen and oxygen atoms in total. The fourth-order valence-corrected chi connectivity index (χ4v) is 5.05. The van der Waals surface area contributed by atoms with E-state index >= 15 is 0 Å². The zero-order valence-corrected chi connectivity index (χ0v) is 22.4. The maximum Gasteiger partial charge on any atom is 0.00719 e. The molecule has 0 atom stereocenters. The molecule has 3 heteroatoms. The van der Waals surface area contributed by atoms with Crippen molar-refractivity contribution in [2.45, 2.75) is 101 Å². The molecule has 178 valence electrons. The zero-order valence-electron chi connectivity index (χ0n) is 19.8. The maximum atomic E-state index is 2.27. The molecular formula is C28H44NiS2. The molecule has 0 saturated carbocycles. The van der Waals surface area contributed by atoms with E-state index in [1.54, 1.807) is 0 Å². The molecule has 0 aliphatic heterocycles. The molecule has 0 aliphatic carbocycles. The molecule has 0 fully saturated rings. The SMILES string of the molecule is CCCCCCCCSc1ccccc1.CCCCCCCCSc1ccccc1.[Ni]. The Morgan fingerprint density at radius 3 is 1.13 bits per heavy atom. The van der Waals surface area contributed by atoms with Crippen molar-refractivity contribution in [3.63, 3.8) is 0 Å². The van der Waals surface area contributed by atoms with E-state index in [0.29, 0.717) is 0 Å². The number of rotatable bonds is 16. The van der Waals surface area contributed by atoms with Crippen LogP contribution >= 0.6 is 23.5 Å². The molecule has 0 radical (unpaired) electrons. The molecule has 0 amide bonds. The first-order valence-electron chi connectivity index (χ1n) is 12.2. The Labute approximate surface area is 212 Å². The average Bonchev–Trinajstić information content (AvgIpc) is 2.80. The van der Waals surface area contributed by atoms with Crippen LogP contribution < -0.4 is 0 Å². The smallest absolute Gasteiger partial charge is 0.00719 e. The van der Waals surface area contributed by atoms with Crippen molar-refractivity contribution in [1.29, 1.82) is 0 Å². The van der Waals surface area contributed by atoms with E-state index < -0.39 is 0 Å². The summed E-state index contributed by atoms with van der Waals surface area (Å²) in [6.07, 6.45) is 16.7. The number of hydrogen-bond acceptors (Lipinski definition) is 2. The standard InChI is InChI=1S/2C14H22S.Ni/c2*1-2-3-4-5-6-10-13-15-14-11-8-7-9-12-14;/h2*7-9,11-12H,2-6,10,13H2,1H3;. The Morgan fingerprint density at radius 1 is 0.452 bits per heavy atom.